The van der Waals surface area contributed by atoms with Crippen LogP contribution in [0.25, 0.3) is 21.8 Å². The Morgan fingerprint density at radius 1 is 0.635 bits per heavy atom. The van der Waals surface area contributed by atoms with Gasteiger partial charge in [-0.2, -0.15) is 0 Å². The number of unbranched alkanes of at least 4 members (excludes halogenated alkanes) is 2. The Morgan fingerprint density at radius 2 is 1.15 bits per heavy atom. The summed E-state index contributed by atoms with van der Waals surface area (Å²) in [4.78, 5) is 132. The lowest BCUT2D eigenvalue weighted by Gasteiger charge is -2.37. The number of Topliss-reactive ketones (excluding diaryl/α,β-unsaturated/α-hetero) is 1. The van der Waals surface area contributed by atoms with E-state index in [9.17, 15) is 33.9 Å². The highest BCUT2D eigenvalue weighted by Crippen LogP contribution is 2.29. The maximum Gasteiger partial charge on any atom is 0.248 e. The van der Waals surface area contributed by atoms with Crippen molar-refractivity contribution in [2.45, 2.75) is 121 Å². The van der Waals surface area contributed by atoms with Crippen molar-refractivity contribution < 1.29 is 48.3 Å². The highest BCUT2D eigenvalue weighted by Gasteiger charge is 2.42. The molecule has 0 bridgehead atoms. The second kappa shape index (κ2) is 31.4. The molecule has 0 fully saturated rings. The quantitative estimate of drug-likeness (QED) is 0.0288. The summed E-state index contributed by atoms with van der Waals surface area (Å²) < 4.78 is 3.86. The number of hydrogen-bond donors (Lipinski definition) is 5. The third-order valence-electron chi connectivity index (χ3n) is 15.9. The summed E-state index contributed by atoms with van der Waals surface area (Å²) in [5, 5.41) is 18.6. The molecule has 2 heterocycles. The van der Waals surface area contributed by atoms with Crippen molar-refractivity contribution >= 4 is 75.2 Å². The monoisotopic (exact) mass is 1160 g/mol. The molecule has 0 saturated heterocycles. The Bertz CT molecular complexity index is 3270. The third kappa shape index (κ3) is 17.3. The van der Waals surface area contributed by atoms with Crippen LogP contribution in [-0.4, -0.2) is 164 Å². The van der Waals surface area contributed by atoms with E-state index in [1.807, 2.05) is 121 Å². The Balaban J connectivity index is 1.39. The van der Waals surface area contributed by atoms with Crippen LogP contribution in [-0.2, 0) is 82.9 Å². The van der Waals surface area contributed by atoms with Gasteiger partial charge in [0, 0.05) is 121 Å². The molecule has 4 aromatic carbocycles. The van der Waals surface area contributed by atoms with Gasteiger partial charge in [0.15, 0.2) is 5.78 Å². The molecule has 0 spiro atoms. The number of ketones is 1. The zero-order valence-corrected chi connectivity index (χ0v) is 50.0. The number of nitrogens with two attached hydrogens (primary N) is 2. The van der Waals surface area contributed by atoms with E-state index < -0.39 is 95.9 Å². The smallest absolute Gasteiger partial charge is 0.248 e. The van der Waals surface area contributed by atoms with Gasteiger partial charge in [-0.25, -0.2) is 0 Å². The van der Waals surface area contributed by atoms with Crippen LogP contribution in [0.4, 0.5) is 0 Å². The predicted octanol–water partition coefficient (Wildman–Crippen LogP) is 4.18. The van der Waals surface area contributed by atoms with Crippen LogP contribution in [0.15, 0.2) is 122 Å². The van der Waals surface area contributed by atoms with Crippen molar-refractivity contribution in [2.24, 2.45) is 31.5 Å². The minimum absolute atomic E-state index is 0.00625. The normalized spacial score (nSPS) is 13.8. The highest BCUT2D eigenvalue weighted by atomic mass is 16.3. The van der Waals surface area contributed by atoms with Crippen LogP contribution < -0.4 is 22.1 Å². The van der Waals surface area contributed by atoms with E-state index in [0.717, 1.165) is 49.8 Å². The van der Waals surface area contributed by atoms with Gasteiger partial charge < -0.3 is 60.7 Å². The Kier molecular flexibility index (Phi) is 24.3. The molecule has 0 aliphatic rings. The lowest BCUT2D eigenvalue weighted by molar-refractivity contribution is -0.151. The van der Waals surface area contributed by atoms with E-state index in [4.69, 9.17) is 11.5 Å². The number of aromatic nitrogens is 2. The van der Waals surface area contributed by atoms with E-state index in [1.165, 1.54) is 42.8 Å². The van der Waals surface area contributed by atoms with E-state index >= 15 is 14.4 Å². The Labute approximate surface area is 497 Å². The fraction of sp³-hybridized carbons (Fsp3) is 0.431. The fourth-order valence-electron chi connectivity index (χ4n) is 11.2. The molecule has 85 heavy (non-hydrogen) atoms. The second-order valence-corrected chi connectivity index (χ2v) is 22.2. The van der Waals surface area contributed by atoms with Gasteiger partial charge in [0.25, 0.3) is 0 Å². The number of rotatable bonds is 33. The van der Waals surface area contributed by atoms with Gasteiger partial charge in [0.05, 0.1) is 18.7 Å². The summed E-state index contributed by atoms with van der Waals surface area (Å²) >= 11 is 0. The van der Waals surface area contributed by atoms with Crippen LogP contribution in [0, 0.1) is 5.92 Å². The zero-order chi connectivity index (χ0) is 61.9. The average Bonchev–Trinajstić information content (AvgIpc) is 3.20. The molecule has 454 valence electrons. The Morgan fingerprint density at radius 3 is 1.69 bits per heavy atom. The first-order chi connectivity index (χ1) is 40.7. The fourth-order valence-corrected chi connectivity index (χ4v) is 11.2. The van der Waals surface area contributed by atoms with Crippen LogP contribution in [0.2, 0.25) is 0 Å². The van der Waals surface area contributed by atoms with Crippen molar-refractivity contribution in [1.82, 2.24) is 39.4 Å². The molecule has 6 aromatic rings. The van der Waals surface area contributed by atoms with Crippen LogP contribution in [0.1, 0.15) is 81.0 Å². The van der Waals surface area contributed by atoms with Crippen molar-refractivity contribution in [3.8, 4) is 0 Å². The number of fused-ring (bicyclic) bond motifs is 2. The summed E-state index contributed by atoms with van der Waals surface area (Å²) in [5.41, 5.74) is 16.1. The number of primary amides is 1. The maximum atomic E-state index is 15.8. The first kappa shape index (κ1) is 65.7. The van der Waals surface area contributed by atoms with E-state index in [2.05, 4.69) is 10.6 Å². The second-order valence-electron chi connectivity index (χ2n) is 22.2. The summed E-state index contributed by atoms with van der Waals surface area (Å²) in [5.74, 6) is -6.22. The van der Waals surface area contributed by atoms with Gasteiger partial charge >= 0.3 is 0 Å². The molecule has 2 aromatic heterocycles. The zero-order valence-electron chi connectivity index (χ0n) is 50.0. The van der Waals surface area contributed by atoms with Crippen molar-refractivity contribution in [2.75, 3.05) is 40.8 Å². The summed E-state index contributed by atoms with van der Waals surface area (Å²) in [6, 6.07) is 26.8. The molecule has 20 heteroatoms. The van der Waals surface area contributed by atoms with Gasteiger partial charge in [0.1, 0.15) is 30.5 Å². The van der Waals surface area contributed by atoms with Crippen LogP contribution in [0.5, 0.6) is 0 Å². The van der Waals surface area contributed by atoms with Crippen molar-refractivity contribution in [1.29, 1.82) is 0 Å². The summed E-state index contributed by atoms with van der Waals surface area (Å²) in [7, 11) is 8.12. The van der Waals surface area contributed by atoms with Gasteiger partial charge in [0.2, 0.25) is 41.4 Å². The Hall–Kier alpha value is -8.49. The molecule has 7 atom stereocenters. The molecule has 0 aliphatic heterocycles. The number of amides is 7. The van der Waals surface area contributed by atoms with Crippen molar-refractivity contribution in [3.63, 3.8) is 0 Å². The van der Waals surface area contributed by atoms with Crippen molar-refractivity contribution in [3.05, 3.63) is 144 Å². The topological polar surface area (TPSA) is 273 Å². The van der Waals surface area contributed by atoms with Gasteiger partial charge in [-0.3, -0.25) is 38.4 Å². The molecular weight excluding hydrogens is 1080 g/mol. The summed E-state index contributed by atoms with van der Waals surface area (Å²) in [6.07, 6.45) is 4.55. The average molecular weight is 1170 g/mol. The minimum atomic E-state index is -1.64. The molecule has 6 rings (SSSR count). The van der Waals surface area contributed by atoms with E-state index in [1.54, 1.807) is 30.3 Å². The summed E-state index contributed by atoms with van der Waals surface area (Å²) in [6.45, 7) is 2.79. The SMILES string of the molecule is CCCCCC(C(=O)NC(C(=O)N(C)C(Cc1ccccc1)C(=O)N(CCN)CC(N)=O)C(C)O)N(C)C(=O)C(Cc1cn(C)c2ccccc12)N(C)C(=O)C(CC(=O)C(Cc1ccccc1)NC(=O)CCC=O)Cc1cn(C)c2ccccc12. The molecule has 7 unspecified atom stereocenters. The number of nitrogens with zero attached hydrogens (tertiary/aromatic N) is 6. The number of aliphatic hydroxyl groups is 1. The number of aliphatic hydroxyl groups excluding tert-OH is 1. The number of carbonyl (C=O) groups excluding carboxylic acids is 9. The number of para-hydroxylation sites is 2. The lowest BCUT2D eigenvalue weighted by atomic mass is 9.88. The molecule has 7 amide bonds. The van der Waals surface area contributed by atoms with E-state index in [-0.39, 0.29) is 64.5 Å². The third-order valence-corrected chi connectivity index (χ3v) is 15.9. The highest BCUT2D eigenvalue weighted by molar-refractivity contribution is 5.98. The number of nitrogens with one attached hydrogen (secondary N) is 2. The molecule has 0 saturated carbocycles. The van der Waals surface area contributed by atoms with Gasteiger partial charge in [-0.05, 0) is 60.6 Å². The first-order valence-corrected chi connectivity index (χ1v) is 29.1. The molecule has 0 radical (unpaired) electrons. The molecular formula is C65H84N10O10. The van der Waals surface area contributed by atoms with Gasteiger partial charge in [-0.15, -0.1) is 0 Å². The number of aryl methyl sites for hydroxylation is 2. The molecule has 0 aliphatic carbocycles. The van der Waals surface area contributed by atoms with Gasteiger partial charge in [-0.1, -0.05) is 123 Å². The largest absolute Gasteiger partial charge is 0.391 e. The molecule has 7 N–H and O–H groups in total. The molecule has 20 nitrogen and oxygen atoms in total. The standard InChI is InChI=1S/C65H84N10O10/c1-8-9-12-30-54(61(81)69-60(43(2)77)65(85)74(7)55(36-45-24-15-11-16-25-45)64(84)75(33-32-66)42-58(67)79)72(5)63(83)56(38-48-41-71(4)53-29-20-18-27-50(48)53)73(6)62(82)46(37-47-40-70(3)52-28-19-17-26-49(47)52)39-57(78)51(68-59(80)31-21-34-76)35-44-22-13-10-14-23-44/h10-11,13-20,22-29,34,40-41,43,46,51,54-56,60,77H,8-9,12,21,30-33,35-39,42,66H2,1-7H3,(H2,67,79)(H,68,80)(H,69,81). The predicted molar refractivity (Wildman–Crippen MR) is 326 cm³/mol. The number of likely N-dealkylation sites (N-methyl/N-ethyl adjacent to an activating group) is 3. The van der Waals surface area contributed by atoms with E-state index in [0.29, 0.717) is 24.7 Å². The number of carbonyl (C=O) groups is 9. The number of aldehydes is 1. The van der Waals surface area contributed by atoms with Crippen LogP contribution in [0.3, 0.4) is 0 Å². The number of benzene rings is 4. The minimum Gasteiger partial charge on any atom is -0.391 e. The van der Waals surface area contributed by atoms with Crippen LogP contribution >= 0.6 is 0 Å². The maximum absolute atomic E-state index is 15.8. The number of hydrogen-bond acceptors (Lipinski definition) is 11. The lowest BCUT2D eigenvalue weighted by Crippen LogP contribution is -2.62. The first-order valence-electron chi connectivity index (χ1n) is 29.1.